The van der Waals surface area contributed by atoms with Crippen LogP contribution in [0.5, 0.6) is 0 Å². The number of pyridine rings is 1. The van der Waals surface area contributed by atoms with E-state index in [1.54, 1.807) is 12.3 Å². The van der Waals surface area contributed by atoms with Crippen molar-refractivity contribution < 1.29 is 0 Å². The van der Waals surface area contributed by atoms with Crippen LogP contribution in [0, 0.1) is 0 Å². The van der Waals surface area contributed by atoms with E-state index in [0.717, 1.165) is 42.9 Å². The third-order valence-corrected chi connectivity index (χ3v) is 2.75. The fourth-order valence-corrected chi connectivity index (χ4v) is 1.71. The van der Waals surface area contributed by atoms with Crippen LogP contribution in [-0.4, -0.2) is 21.5 Å². The predicted octanol–water partition coefficient (Wildman–Crippen LogP) is 2.41. The number of nitrogens with one attached hydrogen (secondary N) is 1. The predicted molar refractivity (Wildman–Crippen MR) is 68.8 cm³/mol. The highest BCUT2D eigenvalue weighted by molar-refractivity contribution is 6.29. The first-order chi connectivity index (χ1) is 8.29. The fourth-order valence-electron chi connectivity index (χ4n) is 1.60. The first-order valence-electron chi connectivity index (χ1n) is 5.66. The van der Waals surface area contributed by atoms with Crippen molar-refractivity contribution in [3.05, 3.63) is 35.5 Å². The zero-order valence-electron chi connectivity index (χ0n) is 9.49. The van der Waals surface area contributed by atoms with Crippen molar-refractivity contribution in [2.45, 2.75) is 19.3 Å². The molecular weight excluding hydrogens is 236 g/mol. The van der Waals surface area contributed by atoms with Crippen molar-refractivity contribution in [1.29, 1.82) is 0 Å². The van der Waals surface area contributed by atoms with E-state index in [0.29, 0.717) is 5.15 Å². The number of aryl methyl sites for hydroxylation is 1. The normalized spacial score (nSPS) is 10.7. The Hall–Kier alpha value is -1.39. The van der Waals surface area contributed by atoms with Gasteiger partial charge in [-0.3, -0.25) is 0 Å². The quantitative estimate of drug-likeness (QED) is 0.633. The first-order valence-corrected chi connectivity index (χ1v) is 6.03. The summed E-state index contributed by atoms with van der Waals surface area (Å²) in [4.78, 5) is 11.7. The van der Waals surface area contributed by atoms with E-state index in [1.165, 1.54) is 0 Å². The van der Waals surface area contributed by atoms with Gasteiger partial charge in [0.15, 0.2) is 0 Å². The van der Waals surface area contributed by atoms with E-state index in [9.17, 15) is 0 Å². The summed E-state index contributed by atoms with van der Waals surface area (Å²) in [6.45, 7) is 0.731. The van der Waals surface area contributed by atoms with Gasteiger partial charge in [0.1, 0.15) is 11.0 Å². The van der Waals surface area contributed by atoms with E-state index in [2.05, 4.69) is 15.0 Å². The van der Waals surface area contributed by atoms with Crippen LogP contribution in [0.4, 0.5) is 0 Å². The Bertz CT molecular complexity index is 464. The second-order valence-electron chi connectivity index (χ2n) is 3.85. The van der Waals surface area contributed by atoms with Gasteiger partial charge >= 0.3 is 0 Å². The Labute approximate surface area is 105 Å². The molecular formula is C12H15ClN4. The smallest absolute Gasteiger partial charge is 0.129 e. The van der Waals surface area contributed by atoms with Crippen molar-refractivity contribution >= 4 is 11.6 Å². The molecule has 5 heteroatoms. The molecule has 2 heterocycles. The zero-order chi connectivity index (χ0) is 12.1. The molecule has 2 aromatic heterocycles. The molecule has 0 aliphatic rings. The number of hydrogen-bond acceptors (Lipinski definition) is 3. The van der Waals surface area contributed by atoms with Crippen LogP contribution in [0.1, 0.15) is 18.7 Å². The number of aromatic nitrogens is 3. The van der Waals surface area contributed by atoms with E-state index in [4.69, 9.17) is 17.3 Å². The SMILES string of the molecule is NCCCCc1nc(-c2ccc(Cl)nc2)c[nH]1. The molecule has 0 aromatic carbocycles. The van der Waals surface area contributed by atoms with Gasteiger partial charge in [0, 0.05) is 24.4 Å². The molecule has 2 aromatic rings. The topological polar surface area (TPSA) is 67.6 Å². The van der Waals surface area contributed by atoms with Gasteiger partial charge in [-0.25, -0.2) is 9.97 Å². The summed E-state index contributed by atoms with van der Waals surface area (Å²) >= 11 is 5.74. The van der Waals surface area contributed by atoms with Crippen LogP contribution in [0.3, 0.4) is 0 Å². The van der Waals surface area contributed by atoms with Crippen LogP contribution >= 0.6 is 11.6 Å². The summed E-state index contributed by atoms with van der Waals surface area (Å²) in [5.74, 6) is 0.989. The molecule has 17 heavy (non-hydrogen) atoms. The Morgan fingerprint density at radius 3 is 2.88 bits per heavy atom. The maximum Gasteiger partial charge on any atom is 0.129 e. The summed E-state index contributed by atoms with van der Waals surface area (Å²) in [6.07, 6.45) is 6.63. The molecule has 90 valence electrons. The number of rotatable bonds is 5. The van der Waals surface area contributed by atoms with Gasteiger partial charge in [-0.05, 0) is 31.5 Å². The molecule has 0 saturated carbocycles. The molecule has 4 nitrogen and oxygen atoms in total. The monoisotopic (exact) mass is 250 g/mol. The Morgan fingerprint density at radius 1 is 1.29 bits per heavy atom. The number of imidazole rings is 1. The Kier molecular flexibility index (Phi) is 4.12. The molecule has 0 amide bonds. The largest absolute Gasteiger partial charge is 0.348 e. The zero-order valence-corrected chi connectivity index (χ0v) is 10.2. The Morgan fingerprint density at radius 2 is 2.18 bits per heavy atom. The number of aromatic amines is 1. The molecule has 0 atom stereocenters. The number of halogens is 1. The highest BCUT2D eigenvalue weighted by Crippen LogP contribution is 2.17. The molecule has 0 aliphatic heterocycles. The van der Waals surface area contributed by atoms with Crippen LogP contribution in [0.15, 0.2) is 24.5 Å². The van der Waals surface area contributed by atoms with E-state index in [1.807, 2.05) is 12.3 Å². The van der Waals surface area contributed by atoms with Gasteiger partial charge in [0.2, 0.25) is 0 Å². The third-order valence-electron chi connectivity index (χ3n) is 2.52. The van der Waals surface area contributed by atoms with Gasteiger partial charge < -0.3 is 10.7 Å². The van der Waals surface area contributed by atoms with Crippen molar-refractivity contribution in [1.82, 2.24) is 15.0 Å². The van der Waals surface area contributed by atoms with E-state index in [-0.39, 0.29) is 0 Å². The van der Waals surface area contributed by atoms with Crippen LogP contribution in [-0.2, 0) is 6.42 Å². The van der Waals surface area contributed by atoms with Gasteiger partial charge in [-0.1, -0.05) is 11.6 Å². The maximum atomic E-state index is 5.74. The molecule has 0 aliphatic carbocycles. The number of nitrogens with two attached hydrogens (primary N) is 1. The van der Waals surface area contributed by atoms with E-state index < -0.39 is 0 Å². The number of nitrogens with zero attached hydrogens (tertiary/aromatic N) is 2. The van der Waals surface area contributed by atoms with Crippen LogP contribution in [0.25, 0.3) is 11.3 Å². The van der Waals surface area contributed by atoms with Gasteiger partial charge in [-0.2, -0.15) is 0 Å². The minimum Gasteiger partial charge on any atom is -0.348 e. The fraction of sp³-hybridized carbons (Fsp3) is 0.333. The number of unbranched alkanes of at least 4 members (excludes halogenated alkanes) is 1. The summed E-state index contributed by atoms with van der Waals surface area (Å²) in [7, 11) is 0. The lowest BCUT2D eigenvalue weighted by Crippen LogP contribution is -1.99. The van der Waals surface area contributed by atoms with Crippen molar-refractivity contribution in [2.24, 2.45) is 5.73 Å². The Balaban J connectivity index is 2.04. The number of hydrogen-bond donors (Lipinski definition) is 2. The van der Waals surface area contributed by atoms with Gasteiger partial charge in [-0.15, -0.1) is 0 Å². The molecule has 0 bridgehead atoms. The molecule has 0 unspecified atom stereocenters. The molecule has 0 radical (unpaired) electrons. The first kappa shape index (κ1) is 12.1. The van der Waals surface area contributed by atoms with Gasteiger partial charge in [0.05, 0.1) is 5.69 Å². The summed E-state index contributed by atoms with van der Waals surface area (Å²) in [5.41, 5.74) is 7.32. The highest BCUT2D eigenvalue weighted by atomic mass is 35.5. The van der Waals surface area contributed by atoms with Crippen LogP contribution in [0.2, 0.25) is 5.15 Å². The number of H-pyrrole nitrogens is 1. The second kappa shape index (κ2) is 5.80. The third kappa shape index (κ3) is 3.28. The molecule has 3 N–H and O–H groups in total. The maximum absolute atomic E-state index is 5.74. The lowest BCUT2D eigenvalue weighted by molar-refractivity contribution is 0.723. The van der Waals surface area contributed by atoms with Crippen LogP contribution < -0.4 is 5.73 Å². The average molecular weight is 251 g/mol. The molecule has 0 spiro atoms. The minimum atomic E-state index is 0.493. The summed E-state index contributed by atoms with van der Waals surface area (Å²) in [6, 6.07) is 3.68. The lowest BCUT2D eigenvalue weighted by atomic mass is 10.2. The van der Waals surface area contributed by atoms with Crippen molar-refractivity contribution in [2.75, 3.05) is 6.54 Å². The highest BCUT2D eigenvalue weighted by Gasteiger charge is 2.04. The minimum absolute atomic E-state index is 0.493. The van der Waals surface area contributed by atoms with Crippen molar-refractivity contribution in [3.8, 4) is 11.3 Å². The van der Waals surface area contributed by atoms with Crippen molar-refractivity contribution in [3.63, 3.8) is 0 Å². The molecule has 0 saturated heterocycles. The summed E-state index contributed by atoms with van der Waals surface area (Å²) in [5, 5.41) is 0.493. The standard InChI is InChI=1S/C12H15ClN4/c13-11-5-4-9(7-15-11)10-8-16-12(17-10)3-1-2-6-14/h4-5,7-8H,1-3,6,14H2,(H,16,17). The molecule has 0 fully saturated rings. The van der Waals surface area contributed by atoms with Gasteiger partial charge in [0.25, 0.3) is 0 Å². The molecule has 2 rings (SSSR count). The average Bonchev–Trinajstić information content (AvgIpc) is 2.79. The lowest BCUT2D eigenvalue weighted by Gasteiger charge is -1.96. The van der Waals surface area contributed by atoms with E-state index >= 15 is 0 Å². The second-order valence-corrected chi connectivity index (χ2v) is 4.24. The summed E-state index contributed by atoms with van der Waals surface area (Å²) < 4.78 is 0.